The van der Waals surface area contributed by atoms with Gasteiger partial charge in [0, 0.05) is 85.2 Å². The molecule has 2 atom stereocenters. The molecule has 2 aliphatic heterocycles. The van der Waals surface area contributed by atoms with Crippen molar-refractivity contribution in [3.63, 3.8) is 0 Å². The molecule has 378 valence electrons. The first-order valence-corrected chi connectivity index (χ1v) is 25.5. The van der Waals surface area contributed by atoms with Gasteiger partial charge in [-0.05, 0) is 83.9 Å². The van der Waals surface area contributed by atoms with E-state index in [0.717, 1.165) is 74.2 Å². The number of rotatable bonds is 10. The quantitative estimate of drug-likeness (QED) is 0.0446. The molecule has 0 spiro atoms. The zero-order chi connectivity index (χ0) is 52.6. The third kappa shape index (κ3) is 23.2. The maximum atomic E-state index is 10.6. The Bertz CT molecular complexity index is 2930. The molecule has 0 aliphatic carbocycles. The van der Waals surface area contributed by atoms with Gasteiger partial charge in [-0.2, -0.15) is 13.7 Å². The molecule has 0 radical (unpaired) electrons. The summed E-state index contributed by atoms with van der Waals surface area (Å²) in [5, 5.41) is 23.3. The van der Waals surface area contributed by atoms with Crippen molar-refractivity contribution in [2.24, 2.45) is 0 Å². The van der Waals surface area contributed by atoms with Crippen LogP contribution in [0.25, 0.3) is 9.69 Å². The topological polar surface area (TPSA) is 173 Å². The second-order valence-electron chi connectivity index (χ2n) is 15.3. The maximum absolute atomic E-state index is 10.6. The summed E-state index contributed by atoms with van der Waals surface area (Å²) in [5.74, 6) is 0. The van der Waals surface area contributed by atoms with Crippen molar-refractivity contribution in [1.82, 2.24) is 20.2 Å². The summed E-state index contributed by atoms with van der Waals surface area (Å²) in [5.41, 5.74) is 6.78. The van der Waals surface area contributed by atoms with Gasteiger partial charge in [-0.1, -0.05) is 106 Å². The normalized spacial score (nSPS) is 14.7. The van der Waals surface area contributed by atoms with E-state index in [1.54, 1.807) is 36.5 Å². The van der Waals surface area contributed by atoms with Crippen LogP contribution < -0.4 is 123 Å². The van der Waals surface area contributed by atoms with E-state index in [1.807, 2.05) is 60.7 Å². The number of halogens is 6. The zero-order valence-corrected chi connectivity index (χ0v) is 52.2. The van der Waals surface area contributed by atoms with Crippen molar-refractivity contribution >= 4 is 109 Å². The number of piperazine rings is 2. The molecule has 4 heterocycles. The fourth-order valence-electron chi connectivity index (χ4n) is 7.19. The predicted octanol–water partition coefficient (Wildman–Crippen LogP) is 5.65. The third-order valence-electron chi connectivity index (χ3n) is 10.4. The van der Waals surface area contributed by atoms with Gasteiger partial charge in [0.15, 0.2) is 0 Å². The van der Waals surface area contributed by atoms with E-state index in [-0.39, 0.29) is 129 Å². The van der Waals surface area contributed by atoms with E-state index >= 15 is 0 Å². The number of anilines is 2. The molecule has 0 unspecified atom stereocenters. The van der Waals surface area contributed by atoms with Gasteiger partial charge in [0.05, 0.1) is 70.4 Å². The molecule has 4 aromatic carbocycles. The first-order valence-electron chi connectivity index (χ1n) is 21.4. The number of hydrogen-bond donors (Lipinski definition) is 1. The van der Waals surface area contributed by atoms with E-state index < -0.39 is 10.1 Å². The number of carbonyl (C=O) groups excluding carboxylic acids is 1. The molecule has 0 bridgehead atoms. The molecular weight excluding hydrogens is 1150 g/mol. The van der Waals surface area contributed by atoms with Crippen molar-refractivity contribution in [2.45, 2.75) is 32.2 Å². The molecule has 1 N–H and O–H groups in total. The van der Waals surface area contributed by atoms with Crippen LogP contribution in [0, 0.1) is 24.5 Å². The molecule has 2 aliphatic rings. The fraction of sp³-hybridized carbons (Fsp3) is 0.240. The smallest absolute Gasteiger partial charge is 1.00 e. The molecule has 0 amide bonds. The average Bonchev–Trinajstić information content (AvgIpc) is 3.37. The van der Waals surface area contributed by atoms with Crippen LogP contribution in [0.15, 0.2) is 122 Å². The Morgan fingerprint density at radius 3 is 1.61 bits per heavy atom. The van der Waals surface area contributed by atoms with Crippen LogP contribution in [0.4, 0.5) is 22.7 Å². The summed E-state index contributed by atoms with van der Waals surface area (Å²) < 4.78 is 25.8. The molecule has 2 fully saturated rings. The summed E-state index contributed by atoms with van der Waals surface area (Å²) in [6.45, 7) is 20.8. The first kappa shape index (κ1) is 67.6. The summed E-state index contributed by atoms with van der Waals surface area (Å²) in [7, 11) is -3.44. The van der Waals surface area contributed by atoms with Crippen LogP contribution in [0.3, 0.4) is 0 Å². The minimum Gasteiger partial charge on any atom is -1.00 e. The first-order chi connectivity index (χ1) is 34.5. The number of nitriles is 1. The molecule has 2 saturated heterocycles. The maximum Gasteiger partial charge on any atom is 1.00 e. The molecular formula is C50H47Cl6K2N9O6S. The van der Waals surface area contributed by atoms with E-state index in [0.29, 0.717) is 42.2 Å². The van der Waals surface area contributed by atoms with E-state index in [1.165, 1.54) is 24.2 Å². The van der Waals surface area contributed by atoms with Crippen LogP contribution >= 0.6 is 69.6 Å². The Balaban J connectivity index is 0.000000547. The molecule has 2 aromatic heterocycles. The van der Waals surface area contributed by atoms with Gasteiger partial charge in [0.25, 0.3) is 16.6 Å². The standard InChI is InChI=1S/C23H19Cl3N4.C16H15Cl3N2.C8H8N2O3S.C2H3N.CH2O3.2K.H/c1-27-19-7-8-20(28-13-19)14-29-10-11-30(22-9-6-18(25)12-21(22)26)23(15-29)16-2-4-17(24)5-3-16;17-12-3-1-11(2-4-12)16-10-20-7-8-21(16)15-6-5-13(18)9-14(15)19;1-9-7-3-4-8(10-5-7)6-13-14(2,11)12;1-2-3;2-1-4-3;;;/h2-9,12-13,23H,10-11,14-15H2;1-6,9,16,20H,7-8,10H2;3-5H,6H2,2H3;1H3;1,3H;;;/q;;;;;2*+1;-1/p-1/t23-;16-;;;;;;/m00....../s1. The fourth-order valence-corrected chi connectivity index (χ4v) is 8.81. The van der Waals surface area contributed by atoms with E-state index in [2.05, 4.69) is 73.0 Å². The monoisotopic (exact) mass is 1190 g/mol. The van der Waals surface area contributed by atoms with Crippen molar-refractivity contribution in [2.75, 3.05) is 55.3 Å². The number of pyridine rings is 2. The van der Waals surface area contributed by atoms with Gasteiger partial charge in [0.1, 0.15) is 6.61 Å². The molecule has 6 aromatic rings. The van der Waals surface area contributed by atoms with Crippen molar-refractivity contribution in [1.29, 1.82) is 5.26 Å². The summed E-state index contributed by atoms with van der Waals surface area (Å²) in [4.78, 5) is 33.1. The van der Waals surface area contributed by atoms with Crippen molar-refractivity contribution < 1.29 is 132 Å². The average molecular weight is 1190 g/mol. The Morgan fingerprint density at radius 1 is 0.743 bits per heavy atom. The molecule has 24 heteroatoms. The Hall–Kier alpha value is -2.48. The number of aromatic nitrogens is 2. The molecule has 15 nitrogen and oxygen atoms in total. The molecule has 74 heavy (non-hydrogen) atoms. The van der Waals surface area contributed by atoms with Crippen LogP contribution in [0.5, 0.6) is 0 Å². The predicted molar refractivity (Wildman–Crippen MR) is 284 cm³/mol. The van der Waals surface area contributed by atoms with E-state index in [4.69, 9.17) is 98.1 Å². The molecule has 0 saturated carbocycles. The summed E-state index contributed by atoms with van der Waals surface area (Å²) in [6.07, 6.45) is 3.97. The van der Waals surface area contributed by atoms with Gasteiger partial charge in [0.2, 0.25) is 11.4 Å². The SMILES string of the molecule is CC#N.Clc1ccc([C@@H]2CNCCN2c2ccc(Cl)cc2Cl)cc1.O=CO[O-].[C-]#[N+]c1ccc(CN2CCN(c3ccc(Cl)cc3Cl)[C@H](c3ccc(Cl)cc3)C2)nc1.[C-]#[N+]c1ccc(COS(C)(=O)=O)nc1.[H-].[K+].[K+]. The molecule has 8 rings (SSSR count). The van der Waals surface area contributed by atoms with Gasteiger partial charge in [-0.15, -0.1) is 0 Å². The second-order valence-corrected chi connectivity index (χ2v) is 19.5. The zero-order valence-electron chi connectivity index (χ0n) is 41.6. The van der Waals surface area contributed by atoms with Crippen LogP contribution in [0.2, 0.25) is 30.1 Å². The van der Waals surface area contributed by atoms with Gasteiger partial charge < -0.3 is 26.7 Å². The van der Waals surface area contributed by atoms with Gasteiger partial charge in [-0.3, -0.25) is 23.8 Å². The number of nitrogens with one attached hydrogen (secondary N) is 1. The van der Waals surface area contributed by atoms with E-state index in [9.17, 15) is 8.42 Å². The Kier molecular flexibility index (Phi) is 32.8. The minimum atomic E-state index is -3.44. The van der Waals surface area contributed by atoms with Crippen molar-refractivity contribution in [3.05, 3.63) is 197 Å². The van der Waals surface area contributed by atoms with Crippen LogP contribution in [0.1, 0.15) is 42.9 Å². The number of benzene rings is 4. The Morgan fingerprint density at radius 2 is 1.19 bits per heavy atom. The summed E-state index contributed by atoms with van der Waals surface area (Å²) in [6, 6.07) is 36.2. The number of nitrogens with zero attached hydrogens (tertiary/aromatic N) is 8. The Labute approximate surface area is 549 Å². The van der Waals surface area contributed by atoms with Gasteiger partial charge >= 0.3 is 103 Å². The summed E-state index contributed by atoms with van der Waals surface area (Å²) >= 11 is 37.1. The largest absolute Gasteiger partial charge is 1.00 e. The van der Waals surface area contributed by atoms with Crippen molar-refractivity contribution in [3.8, 4) is 6.07 Å². The number of hydrogen-bond acceptors (Lipinski definition) is 13. The van der Waals surface area contributed by atoms with Gasteiger partial charge in [-0.25, -0.2) is 9.69 Å². The third-order valence-corrected chi connectivity index (χ3v) is 12.5. The second kappa shape index (κ2) is 35.8. The van der Waals surface area contributed by atoms with Crippen LogP contribution in [-0.2, 0) is 37.1 Å². The van der Waals surface area contributed by atoms with Crippen LogP contribution in [-0.4, -0.2) is 75.3 Å². The number of carbonyl (C=O) groups is 1. The minimum absolute atomic E-state index is 0.